The molecule has 0 unspecified atom stereocenters. The predicted molar refractivity (Wildman–Crippen MR) is 100 cm³/mol. The number of hydrogen-bond donors (Lipinski definition) is 0. The van der Waals surface area contributed by atoms with Crippen molar-refractivity contribution < 1.29 is 0 Å². The molecule has 0 saturated carbocycles. The van der Waals surface area contributed by atoms with E-state index < -0.39 is 0 Å². The first-order valence-corrected chi connectivity index (χ1v) is 7.56. The summed E-state index contributed by atoms with van der Waals surface area (Å²) in [6.07, 6.45) is 14.5. The molecule has 0 atom stereocenters. The summed E-state index contributed by atoms with van der Waals surface area (Å²) in [4.78, 5) is 0. The highest BCUT2D eigenvalue weighted by atomic mass is 14.0. The molecular weight excluding hydrogens is 240 g/mol. The van der Waals surface area contributed by atoms with Gasteiger partial charge >= 0.3 is 0 Å². The van der Waals surface area contributed by atoms with Crippen LogP contribution in [0.4, 0.5) is 0 Å². The van der Waals surface area contributed by atoms with Gasteiger partial charge in [-0.3, -0.25) is 0 Å². The second-order valence-corrected chi connectivity index (χ2v) is 3.04. The van der Waals surface area contributed by atoms with Gasteiger partial charge in [0, 0.05) is 0 Å². The van der Waals surface area contributed by atoms with Crippen molar-refractivity contribution in [1.29, 1.82) is 0 Å². The molecule has 0 radical (unpaired) electrons. The molecule has 0 aromatic heterocycles. The van der Waals surface area contributed by atoms with Gasteiger partial charge in [-0.2, -0.15) is 0 Å². The van der Waals surface area contributed by atoms with E-state index in [0.29, 0.717) is 0 Å². The predicted octanol–water partition coefficient (Wildman–Crippen LogP) is 7.44. The van der Waals surface area contributed by atoms with Gasteiger partial charge < -0.3 is 0 Å². The molecule has 0 spiro atoms. The molecule has 116 valence electrons. The Bertz CT molecular complexity index is 285. The molecule has 0 fully saturated rings. The molecule has 0 bridgehead atoms. The van der Waals surface area contributed by atoms with Crippen LogP contribution < -0.4 is 0 Å². The second-order valence-electron chi connectivity index (χ2n) is 3.04. The van der Waals surface area contributed by atoms with Crippen LogP contribution in [0.5, 0.6) is 0 Å². The van der Waals surface area contributed by atoms with Crippen LogP contribution in [0.2, 0.25) is 0 Å². The number of allylic oxidation sites excluding steroid dienone is 9. The molecule has 0 saturated heterocycles. The van der Waals surface area contributed by atoms with E-state index in [-0.39, 0.29) is 0 Å². The van der Waals surface area contributed by atoms with E-state index in [2.05, 4.69) is 32.7 Å². The normalized spacial score (nSPS) is 9.95. The lowest BCUT2D eigenvalue weighted by molar-refractivity contribution is 1.12. The highest BCUT2D eigenvalue weighted by Gasteiger charge is 1.95. The summed E-state index contributed by atoms with van der Waals surface area (Å²) in [7, 11) is 0. The third-order valence-electron chi connectivity index (χ3n) is 1.76. The van der Waals surface area contributed by atoms with Gasteiger partial charge in [-0.1, -0.05) is 90.3 Å². The Morgan fingerprint density at radius 3 is 1.60 bits per heavy atom. The minimum Gasteiger partial charge on any atom is -0.103 e. The zero-order chi connectivity index (χ0) is 16.8. The van der Waals surface area contributed by atoms with Gasteiger partial charge in [0.05, 0.1) is 0 Å². The first kappa shape index (κ1) is 26.9. The van der Waals surface area contributed by atoms with Gasteiger partial charge in [0.1, 0.15) is 0 Å². The maximum Gasteiger partial charge on any atom is -0.0231 e. The van der Waals surface area contributed by atoms with Crippen molar-refractivity contribution in [1.82, 2.24) is 0 Å². The van der Waals surface area contributed by atoms with Crippen LogP contribution in [-0.2, 0) is 0 Å². The molecular formula is C20H36. The first-order chi connectivity index (χ1) is 9.71. The molecule has 20 heavy (non-hydrogen) atoms. The van der Waals surface area contributed by atoms with Crippen LogP contribution in [0.3, 0.4) is 0 Å². The topological polar surface area (TPSA) is 0 Å². The first-order valence-electron chi connectivity index (χ1n) is 7.56. The maximum absolute atomic E-state index is 3.79. The van der Waals surface area contributed by atoms with E-state index in [1.807, 2.05) is 71.9 Å². The monoisotopic (exact) mass is 276 g/mol. The molecule has 0 aliphatic rings. The van der Waals surface area contributed by atoms with E-state index in [4.69, 9.17) is 0 Å². The zero-order valence-electron chi connectivity index (χ0n) is 14.9. The average Bonchev–Trinajstić information content (AvgIpc) is 2.51. The minimum absolute atomic E-state index is 1.00. The molecule has 0 N–H and O–H groups in total. The van der Waals surface area contributed by atoms with Gasteiger partial charge in [-0.15, -0.1) is 6.58 Å². The summed E-state index contributed by atoms with van der Waals surface area (Å²) in [6, 6.07) is 0. The van der Waals surface area contributed by atoms with Crippen LogP contribution in [0.1, 0.15) is 54.9 Å². The lowest BCUT2D eigenvalue weighted by Gasteiger charge is -2.03. The molecule has 0 rings (SSSR count). The molecule has 0 heterocycles. The summed E-state index contributed by atoms with van der Waals surface area (Å²) in [5, 5.41) is 0. The smallest absolute Gasteiger partial charge is 0.0231 e. The Hall–Kier alpha value is -1.56. The van der Waals surface area contributed by atoms with Crippen LogP contribution in [0.15, 0.2) is 73.4 Å². The minimum atomic E-state index is 1.00. The highest BCUT2D eigenvalue weighted by Crippen LogP contribution is 2.14. The second kappa shape index (κ2) is 30.5. The Morgan fingerprint density at radius 2 is 1.35 bits per heavy atom. The van der Waals surface area contributed by atoms with Crippen molar-refractivity contribution in [2.45, 2.75) is 54.9 Å². The molecule has 0 aromatic carbocycles. The molecule has 0 aromatic rings. The Morgan fingerprint density at radius 1 is 0.900 bits per heavy atom. The van der Waals surface area contributed by atoms with Gasteiger partial charge in [0.2, 0.25) is 0 Å². The Labute approximate surface area is 129 Å². The van der Waals surface area contributed by atoms with Gasteiger partial charge in [0.15, 0.2) is 0 Å². The van der Waals surface area contributed by atoms with E-state index in [9.17, 15) is 0 Å². The maximum atomic E-state index is 3.79. The van der Waals surface area contributed by atoms with Gasteiger partial charge in [0.25, 0.3) is 0 Å². The van der Waals surface area contributed by atoms with Crippen molar-refractivity contribution >= 4 is 0 Å². The quantitative estimate of drug-likeness (QED) is 0.361. The molecule has 0 nitrogen and oxygen atoms in total. The zero-order valence-corrected chi connectivity index (χ0v) is 14.9. The van der Waals surface area contributed by atoms with E-state index >= 15 is 0 Å². The van der Waals surface area contributed by atoms with E-state index in [1.165, 1.54) is 11.1 Å². The third kappa shape index (κ3) is 21.7. The van der Waals surface area contributed by atoms with Gasteiger partial charge in [-0.05, 0) is 31.4 Å². The fourth-order valence-electron chi connectivity index (χ4n) is 1.07. The Balaban J connectivity index is -0.000000155. The summed E-state index contributed by atoms with van der Waals surface area (Å²) in [6.45, 7) is 24.9. The molecule has 0 aliphatic carbocycles. The summed E-state index contributed by atoms with van der Waals surface area (Å²) < 4.78 is 0. The van der Waals surface area contributed by atoms with Crippen LogP contribution in [0.25, 0.3) is 0 Å². The number of rotatable bonds is 5. The fraction of sp³-hybridized carbons (Fsp3) is 0.400. The fourth-order valence-corrected chi connectivity index (χ4v) is 1.07. The van der Waals surface area contributed by atoms with Crippen LogP contribution in [-0.4, -0.2) is 0 Å². The van der Waals surface area contributed by atoms with E-state index in [1.54, 1.807) is 6.08 Å². The lowest BCUT2D eigenvalue weighted by Crippen LogP contribution is -1.83. The summed E-state index contributed by atoms with van der Waals surface area (Å²) in [5.74, 6) is 0. The van der Waals surface area contributed by atoms with Crippen molar-refractivity contribution in [3.8, 4) is 0 Å². The van der Waals surface area contributed by atoms with Crippen molar-refractivity contribution in [2.24, 2.45) is 0 Å². The van der Waals surface area contributed by atoms with Crippen molar-refractivity contribution in [2.75, 3.05) is 0 Å². The third-order valence-corrected chi connectivity index (χ3v) is 1.76. The average molecular weight is 277 g/mol. The largest absolute Gasteiger partial charge is 0.103 e. The van der Waals surface area contributed by atoms with Crippen molar-refractivity contribution in [3.05, 3.63) is 73.4 Å². The standard InChI is InChI=1S/C13H18.C3H6.2C2H6/c1-5-9-11-13(8-4)12(7-3)10-6-2;1-3-2;2*1-2/h5-6,8-11H,2,4,7H2,1,3H3;3H,1H2,2H3;2*1-2H3/b9-5-,12-10+,13-11+;;;. The van der Waals surface area contributed by atoms with Crippen LogP contribution >= 0.6 is 0 Å². The molecule has 0 amide bonds. The van der Waals surface area contributed by atoms with Crippen LogP contribution in [0, 0.1) is 0 Å². The summed E-state index contributed by atoms with van der Waals surface area (Å²) >= 11 is 0. The van der Waals surface area contributed by atoms with E-state index in [0.717, 1.165) is 6.42 Å². The molecule has 0 aliphatic heterocycles. The molecule has 0 heteroatoms. The van der Waals surface area contributed by atoms with Gasteiger partial charge in [-0.25, -0.2) is 0 Å². The lowest BCUT2D eigenvalue weighted by atomic mass is 10.0. The summed E-state index contributed by atoms with van der Waals surface area (Å²) in [5.41, 5.74) is 2.43. The Kier molecular flexibility index (Phi) is 41.0. The number of hydrogen-bond acceptors (Lipinski definition) is 0. The highest BCUT2D eigenvalue weighted by molar-refractivity contribution is 5.42. The van der Waals surface area contributed by atoms with Crippen molar-refractivity contribution in [3.63, 3.8) is 0 Å². The SMILES string of the molecule is C=C/C=C(CC)/C(C=C)=C/C=C\C.C=CC.CC.CC.